The molecule has 31 heavy (non-hydrogen) atoms. The highest BCUT2D eigenvalue weighted by Gasteiger charge is 2.15. The second kappa shape index (κ2) is 8.53. The Labute approximate surface area is 188 Å². The van der Waals surface area contributed by atoms with Crippen LogP contribution in [0, 0.1) is 13.8 Å². The molecule has 1 amide bonds. The summed E-state index contributed by atoms with van der Waals surface area (Å²) in [6, 6.07) is 12.7. The number of fused-ring (bicyclic) bond motifs is 1. The van der Waals surface area contributed by atoms with Gasteiger partial charge in [0.05, 0.1) is 21.9 Å². The molecule has 0 saturated heterocycles. The predicted octanol–water partition coefficient (Wildman–Crippen LogP) is 4.53. The van der Waals surface area contributed by atoms with Gasteiger partial charge < -0.3 is 5.32 Å². The zero-order valence-corrected chi connectivity index (χ0v) is 18.4. The topological polar surface area (TPSA) is 81.8 Å². The molecule has 7 nitrogen and oxygen atoms in total. The number of anilines is 1. The Balaban J connectivity index is 1.55. The molecule has 158 valence electrons. The highest BCUT2D eigenvalue weighted by atomic mass is 35.5. The van der Waals surface area contributed by atoms with E-state index in [2.05, 4.69) is 15.4 Å². The summed E-state index contributed by atoms with van der Waals surface area (Å²) in [6.07, 6.45) is 1.61. The molecule has 0 aliphatic heterocycles. The van der Waals surface area contributed by atoms with Crippen LogP contribution in [0.4, 0.5) is 5.69 Å². The third kappa shape index (κ3) is 4.33. The molecule has 2 aromatic heterocycles. The molecule has 2 aromatic carbocycles. The Morgan fingerprint density at radius 1 is 1.06 bits per heavy atom. The van der Waals surface area contributed by atoms with Gasteiger partial charge in [-0.1, -0.05) is 40.9 Å². The second-order valence-corrected chi connectivity index (χ2v) is 7.99. The van der Waals surface area contributed by atoms with E-state index in [-0.39, 0.29) is 24.4 Å². The van der Waals surface area contributed by atoms with E-state index >= 15 is 0 Å². The van der Waals surface area contributed by atoms with Crippen LogP contribution in [0.15, 0.2) is 53.5 Å². The lowest BCUT2D eigenvalue weighted by Crippen LogP contribution is -2.26. The van der Waals surface area contributed by atoms with Crippen molar-refractivity contribution in [2.45, 2.75) is 26.8 Å². The number of aryl methyl sites for hydroxylation is 2. The summed E-state index contributed by atoms with van der Waals surface area (Å²) in [5, 5.41) is 8.26. The number of carbonyl (C=O) groups is 1. The van der Waals surface area contributed by atoms with Crippen LogP contribution in [0.1, 0.15) is 17.8 Å². The lowest BCUT2D eigenvalue weighted by Gasteiger charge is -2.11. The van der Waals surface area contributed by atoms with Crippen molar-refractivity contribution in [3.05, 3.63) is 80.4 Å². The Kier molecular flexibility index (Phi) is 5.80. The molecule has 9 heteroatoms. The molecule has 4 aromatic rings. The first-order valence-electron chi connectivity index (χ1n) is 9.60. The number of nitrogens with zero attached hydrogens (tertiary/aromatic N) is 4. The maximum Gasteiger partial charge on any atom is 0.264 e. The zero-order chi connectivity index (χ0) is 22.1. The first-order valence-corrected chi connectivity index (χ1v) is 10.4. The first-order chi connectivity index (χ1) is 14.8. The Morgan fingerprint density at radius 3 is 2.52 bits per heavy atom. The fraction of sp³-hybridized carbons (Fsp3) is 0.182. The van der Waals surface area contributed by atoms with Crippen LogP contribution in [0.5, 0.6) is 0 Å². The van der Waals surface area contributed by atoms with Gasteiger partial charge in [-0.05, 0) is 44.2 Å². The smallest absolute Gasteiger partial charge is 0.264 e. The van der Waals surface area contributed by atoms with Gasteiger partial charge in [-0.2, -0.15) is 5.10 Å². The predicted molar refractivity (Wildman–Crippen MR) is 122 cm³/mol. The molecule has 0 aliphatic carbocycles. The van der Waals surface area contributed by atoms with Gasteiger partial charge in [-0.3, -0.25) is 14.2 Å². The SMILES string of the molecule is Cc1ccc(-n2ncc3c(=O)n(CCC(=O)Nc4ccc(Cl)c(Cl)c4)c(C)nc32)cc1. The number of halogens is 2. The largest absolute Gasteiger partial charge is 0.326 e. The van der Waals surface area contributed by atoms with Gasteiger partial charge in [0, 0.05) is 18.7 Å². The molecule has 2 heterocycles. The van der Waals surface area contributed by atoms with Gasteiger partial charge in [0.2, 0.25) is 5.91 Å². The molecule has 0 bridgehead atoms. The number of hydrogen-bond donors (Lipinski definition) is 1. The number of amides is 1. The molecule has 0 saturated carbocycles. The minimum absolute atomic E-state index is 0.0975. The van der Waals surface area contributed by atoms with Crippen molar-refractivity contribution >= 4 is 45.8 Å². The van der Waals surface area contributed by atoms with Gasteiger partial charge in [0.25, 0.3) is 5.56 Å². The van der Waals surface area contributed by atoms with Crippen molar-refractivity contribution < 1.29 is 4.79 Å². The first kappa shape index (κ1) is 21.1. The fourth-order valence-electron chi connectivity index (χ4n) is 3.26. The number of aromatic nitrogens is 4. The molecule has 0 spiro atoms. The van der Waals surface area contributed by atoms with E-state index in [4.69, 9.17) is 23.2 Å². The normalized spacial score (nSPS) is 11.1. The second-order valence-electron chi connectivity index (χ2n) is 7.17. The van der Waals surface area contributed by atoms with E-state index in [0.717, 1.165) is 11.3 Å². The van der Waals surface area contributed by atoms with Gasteiger partial charge in [0.15, 0.2) is 5.65 Å². The number of rotatable bonds is 5. The van der Waals surface area contributed by atoms with Gasteiger partial charge in [0.1, 0.15) is 11.2 Å². The summed E-state index contributed by atoms with van der Waals surface area (Å²) < 4.78 is 3.13. The van der Waals surface area contributed by atoms with Gasteiger partial charge in [-0.25, -0.2) is 9.67 Å². The van der Waals surface area contributed by atoms with Crippen molar-refractivity contribution in [2.24, 2.45) is 0 Å². The zero-order valence-electron chi connectivity index (χ0n) is 16.9. The van der Waals surface area contributed by atoms with Crippen molar-refractivity contribution in [1.82, 2.24) is 19.3 Å². The standard InChI is InChI=1S/C22H19Cl2N5O2/c1-13-3-6-16(7-4-13)29-21-17(12-25-29)22(31)28(14(2)26-21)10-9-20(30)27-15-5-8-18(23)19(24)11-15/h3-8,11-12H,9-10H2,1-2H3,(H,27,30). The number of nitrogens with one attached hydrogen (secondary N) is 1. The monoisotopic (exact) mass is 455 g/mol. The van der Waals surface area contributed by atoms with Crippen molar-refractivity contribution in [2.75, 3.05) is 5.32 Å². The summed E-state index contributed by atoms with van der Waals surface area (Å²) in [5.74, 6) is 0.258. The molecular weight excluding hydrogens is 437 g/mol. The minimum atomic E-state index is -0.250. The van der Waals surface area contributed by atoms with Crippen LogP contribution in [-0.2, 0) is 11.3 Å². The Bertz CT molecular complexity index is 1340. The fourth-order valence-corrected chi connectivity index (χ4v) is 3.55. The van der Waals surface area contributed by atoms with Crippen LogP contribution in [0.3, 0.4) is 0 Å². The Hall–Kier alpha value is -3.16. The minimum Gasteiger partial charge on any atom is -0.326 e. The van der Waals surface area contributed by atoms with Crippen LogP contribution in [0.2, 0.25) is 10.0 Å². The maximum atomic E-state index is 13.0. The van der Waals surface area contributed by atoms with Crippen molar-refractivity contribution in [3.63, 3.8) is 0 Å². The van der Waals surface area contributed by atoms with Crippen LogP contribution in [-0.4, -0.2) is 25.2 Å². The molecule has 0 aliphatic rings. The molecule has 1 N–H and O–H groups in total. The van der Waals surface area contributed by atoms with E-state index in [1.807, 2.05) is 31.2 Å². The van der Waals surface area contributed by atoms with Gasteiger partial charge >= 0.3 is 0 Å². The average molecular weight is 456 g/mol. The highest BCUT2D eigenvalue weighted by Crippen LogP contribution is 2.25. The average Bonchev–Trinajstić information content (AvgIpc) is 3.15. The van der Waals surface area contributed by atoms with E-state index < -0.39 is 0 Å². The lowest BCUT2D eigenvalue weighted by molar-refractivity contribution is -0.116. The third-order valence-electron chi connectivity index (χ3n) is 4.92. The van der Waals surface area contributed by atoms with Crippen LogP contribution < -0.4 is 10.9 Å². The summed E-state index contributed by atoms with van der Waals surface area (Å²) in [5.41, 5.74) is 2.75. The third-order valence-corrected chi connectivity index (χ3v) is 5.66. The van der Waals surface area contributed by atoms with Crippen LogP contribution in [0.25, 0.3) is 16.7 Å². The number of benzene rings is 2. The van der Waals surface area contributed by atoms with E-state index in [0.29, 0.717) is 32.6 Å². The van der Waals surface area contributed by atoms with E-state index in [1.165, 1.54) is 10.8 Å². The maximum absolute atomic E-state index is 13.0. The van der Waals surface area contributed by atoms with Crippen molar-refractivity contribution in [3.8, 4) is 5.69 Å². The number of hydrogen-bond acceptors (Lipinski definition) is 4. The summed E-state index contributed by atoms with van der Waals surface area (Å²) in [6.45, 7) is 3.93. The van der Waals surface area contributed by atoms with E-state index in [1.54, 1.807) is 29.8 Å². The lowest BCUT2D eigenvalue weighted by atomic mass is 10.2. The molecule has 0 radical (unpaired) electrons. The summed E-state index contributed by atoms with van der Waals surface area (Å²) in [7, 11) is 0. The molecule has 4 rings (SSSR count). The van der Waals surface area contributed by atoms with E-state index in [9.17, 15) is 9.59 Å². The van der Waals surface area contributed by atoms with Crippen LogP contribution >= 0.6 is 23.2 Å². The molecular formula is C22H19Cl2N5O2. The quantitative estimate of drug-likeness (QED) is 0.478. The molecule has 0 fully saturated rings. The summed E-state index contributed by atoms with van der Waals surface area (Å²) in [4.78, 5) is 29.9. The van der Waals surface area contributed by atoms with Gasteiger partial charge in [-0.15, -0.1) is 0 Å². The molecule has 0 unspecified atom stereocenters. The van der Waals surface area contributed by atoms with Crippen molar-refractivity contribution in [1.29, 1.82) is 0 Å². The molecule has 0 atom stereocenters. The summed E-state index contributed by atoms with van der Waals surface area (Å²) >= 11 is 11.9. The highest BCUT2D eigenvalue weighted by molar-refractivity contribution is 6.42. The number of carbonyl (C=O) groups excluding carboxylic acids is 1. The Morgan fingerprint density at radius 2 is 1.81 bits per heavy atom.